The van der Waals surface area contributed by atoms with Gasteiger partial charge in [0.2, 0.25) is 5.91 Å². The third-order valence-electron chi connectivity index (χ3n) is 10.7. The molecule has 0 saturated carbocycles. The molecule has 5 aromatic rings. The largest absolute Gasteiger partial charge is 0.461 e. The summed E-state index contributed by atoms with van der Waals surface area (Å²) in [5.74, 6) is -0.807. The highest BCUT2D eigenvalue weighted by atomic mass is 19.1. The van der Waals surface area contributed by atoms with Crippen molar-refractivity contribution < 1.29 is 27.2 Å². The third kappa shape index (κ3) is 6.75. The van der Waals surface area contributed by atoms with Crippen LogP contribution in [0.25, 0.3) is 39.1 Å². The standard InChI is InChI=1S/C38H38F3N11O3/c1-21(2)35-46-28(55-49-35)7-8-29(53)52-14-13-50(19-24(52)9-11-42)36-25-17-44-34(33-30-22(15-27(43)45-33)5-3-6-26(30)40)31(41)32(25)47-37(48-36)54-20-38-10-4-12-51(38)18-23(39)16-38/h3,5-8,15,17,21,23-24H,4,9-10,12-14,16,18-20H2,1-2H3,(H2,43,45)/b8-7+/t23-,24+,38+/m1/s1. The molecule has 4 aromatic heterocycles. The first kappa shape index (κ1) is 36.1. The second-order valence-corrected chi connectivity index (χ2v) is 14.6. The first-order valence-corrected chi connectivity index (χ1v) is 18.2. The minimum atomic E-state index is -0.987. The maximum absolute atomic E-state index is 16.9. The van der Waals surface area contributed by atoms with E-state index in [4.69, 9.17) is 20.0 Å². The van der Waals surface area contributed by atoms with E-state index >= 15 is 8.78 Å². The molecule has 14 nitrogen and oxygen atoms in total. The monoisotopic (exact) mass is 753 g/mol. The van der Waals surface area contributed by atoms with Gasteiger partial charge in [0.25, 0.3) is 5.89 Å². The highest BCUT2D eigenvalue weighted by molar-refractivity contribution is 5.99. The predicted octanol–water partition coefficient (Wildman–Crippen LogP) is 5.21. The number of amides is 1. The van der Waals surface area contributed by atoms with Crippen molar-refractivity contribution in [1.29, 1.82) is 5.26 Å². The molecule has 17 heteroatoms. The molecule has 7 heterocycles. The number of nitrogen functional groups attached to an aromatic ring is 1. The Balaban J connectivity index is 1.16. The first-order valence-electron chi connectivity index (χ1n) is 18.2. The van der Waals surface area contributed by atoms with Gasteiger partial charge in [0.05, 0.1) is 29.5 Å². The van der Waals surface area contributed by atoms with E-state index in [-0.39, 0.29) is 95.7 Å². The van der Waals surface area contributed by atoms with E-state index in [1.165, 1.54) is 36.5 Å². The molecular weight excluding hydrogens is 715 g/mol. The molecule has 1 aromatic carbocycles. The number of anilines is 2. The smallest absolute Gasteiger partial charge is 0.319 e. The zero-order valence-corrected chi connectivity index (χ0v) is 30.3. The van der Waals surface area contributed by atoms with E-state index in [2.05, 4.69) is 36.1 Å². The number of carbonyl (C=O) groups excluding carboxylic acids is 1. The van der Waals surface area contributed by atoms with Crippen LogP contribution in [0.1, 0.15) is 57.2 Å². The van der Waals surface area contributed by atoms with Crippen LogP contribution in [0.15, 0.2) is 41.1 Å². The van der Waals surface area contributed by atoms with Gasteiger partial charge in [0, 0.05) is 62.3 Å². The maximum Gasteiger partial charge on any atom is 0.319 e. The SMILES string of the molecule is CC(C)c1noc(/C=C/C(=O)N2CCN(c3nc(OC[C@@]45CCCN4C[C@H](F)C5)nc4c(F)c(-c5nc(N)cc6cccc(F)c56)ncc34)C[C@@H]2CC#N)n1. The lowest BCUT2D eigenvalue weighted by molar-refractivity contribution is -0.128. The summed E-state index contributed by atoms with van der Waals surface area (Å²) in [6.45, 7) is 5.62. The Bertz CT molecular complexity index is 2370. The molecule has 2 N–H and O–H groups in total. The van der Waals surface area contributed by atoms with Crippen LogP contribution in [0, 0.1) is 23.0 Å². The molecule has 3 saturated heterocycles. The topological polar surface area (TPSA) is 176 Å². The number of halogens is 3. The third-order valence-corrected chi connectivity index (χ3v) is 10.7. The number of hydrogen-bond acceptors (Lipinski definition) is 13. The summed E-state index contributed by atoms with van der Waals surface area (Å²) in [6.07, 6.45) is 5.12. The quantitative estimate of drug-likeness (QED) is 0.195. The van der Waals surface area contributed by atoms with Gasteiger partial charge in [-0.15, -0.1) is 0 Å². The van der Waals surface area contributed by atoms with Crippen molar-refractivity contribution >= 4 is 45.3 Å². The Morgan fingerprint density at radius 1 is 1.16 bits per heavy atom. The van der Waals surface area contributed by atoms with Crippen molar-refractivity contribution in [3.63, 3.8) is 0 Å². The Morgan fingerprint density at radius 3 is 2.82 bits per heavy atom. The molecule has 3 aliphatic rings. The maximum atomic E-state index is 16.9. The van der Waals surface area contributed by atoms with Crippen molar-refractivity contribution in [2.75, 3.05) is 50.0 Å². The lowest BCUT2D eigenvalue weighted by Crippen LogP contribution is -2.55. The molecular formula is C38H38F3N11O3. The van der Waals surface area contributed by atoms with Gasteiger partial charge in [0.15, 0.2) is 11.6 Å². The summed E-state index contributed by atoms with van der Waals surface area (Å²) < 4.78 is 58.2. The zero-order chi connectivity index (χ0) is 38.4. The predicted molar refractivity (Wildman–Crippen MR) is 196 cm³/mol. The molecule has 0 spiro atoms. The normalized spacial score (nSPS) is 21.6. The van der Waals surface area contributed by atoms with Crippen LogP contribution >= 0.6 is 0 Å². The molecule has 3 fully saturated rings. The van der Waals surface area contributed by atoms with Gasteiger partial charge in [-0.3, -0.25) is 14.7 Å². The number of pyridine rings is 2. The minimum absolute atomic E-state index is 0.000241. The van der Waals surface area contributed by atoms with Crippen LogP contribution in [0.4, 0.5) is 24.8 Å². The average Bonchev–Trinajstić information content (AvgIpc) is 3.87. The fraction of sp³-hybridized carbons (Fsp3) is 0.421. The van der Waals surface area contributed by atoms with Crippen LogP contribution < -0.4 is 15.4 Å². The van der Waals surface area contributed by atoms with Gasteiger partial charge in [-0.2, -0.15) is 20.2 Å². The van der Waals surface area contributed by atoms with Crippen molar-refractivity contribution in [2.45, 2.75) is 63.2 Å². The summed E-state index contributed by atoms with van der Waals surface area (Å²) in [4.78, 5) is 41.2. The van der Waals surface area contributed by atoms with E-state index in [0.717, 1.165) is 19.4 Å². The number of rotatable bonds is 9. The molecule has 0 bridgehead atoms. The summed E-state index contributed by atoms with van der Waals surface area (Å²) in [5.41, 5.74) is 5.02. The number of alkyl halides is 1. The Kier molecular flexibility index (Phi) is 9.45. The Morgan fingerprint density at radius 2 is 2.02 bits per heavy atom. The lowest BCUT2D eigenvalue weighted by atomic mass is 9.95. The van der Waals surface area contributed by atoms with E-state index in [9.17, 15) is 14.4 Å². The fourth-order valence-electron chi connectivity index (χ4n) is 8.00. The number of ether oxygens (including phenoxy) is 1. The van der Waals surface area contributed by atoms with Crippen molar-refractivity contribution in [3.05, 3.63) is 59.9 Å². The van der Waals surface area contributed by atoms with Crippen LogP contribution in [-0.4, -0.2) is 103 Å². The van der Waals surface area contributed by atoms with Gasteiger partial charge in [0.1, 0.15) is 47.1 Å². The van der Waals surface area contributed by atoms with Gasteiger partial charge in [-0.1, -0.05) is 31.1 Å². The first-order chi connectivity index (χ1) is 26.5. The minimum Gasteiger partial charge on any atom is -0.461 e. The second-order valence-electron chi connectivity index (χ2n) is 14.6. The van der Waals surface area contributed by atoms with Crippen LogP contribution in [-0.2, 0) is 4.79 Å². The molecule has 8 rings (SSSR count). The van der Waals surface area contributed by atoms with E-state index in [1.807, 2.05) is 18.7 Å². The molecule has 0 radical (unpaired) electrons. The molecule has 1 amide bonds. The second kappa shape index (κ2) is 14.4. The molecule has 284 valence electrons. The summed E-state index contributed by atoms with van der Waals surface area (Å²) in [7, 11) is 0. The number of nitrogens with two attached hydrogens (primary N) is 1. The number of nitriles is 1. The van der Waals surface area contributed by atoms with Gasteiger partial charge < -0.3 is 24.8 Å². The van der Waals surface area contributed by atoms with E-state index in [1.54, 1.807) is 11.0 Å². The van der Waals surface area contributed by atoms with Crippen LogP contribution in [0.2, 0.25) is 0 Å². The molecule has 3 aliphatic heterocycles. The number of piperazine rings is 1. The average molecular weight is 754 g/mol. The number of fused-ring (bicyclic) bond motifs is 3. The number of nitrogens with zero attached hydrogens (tertiary/aromatic N) is 10. The number of benzene rings is 1. The van der Waals surface area contributed by atoms with E-state index in [0.29, 0.717) is 24.2 Å². The van der Waals surface area contributed by atoms with Gasteiger partial charge in [-0.05, 0) is 36.9 Å². The highest BCUT2D eigenvalue weighted by Crippen LogP contribution is 2.41. The van der Waals surface area contributed by atoms with Crippen molar-refractivity contribution in [3.8, 4) is 23.5 Å². The molecule has 0 aliphatic carbocycles. The Hall–Kier alpha value is -5.89. The highest BCUT2D eigenvalue weighted by Gasteiger charge is 2.49. The Labute approximate surface area is 313 Å². The lowest BCUT2D eigenvalue weighted by Gasteiger charge is -2.41. The molecule has 0 unspecified atom stereocenters. The van der Waals surface area contributed by atoms with Gasteiger partial charge in [-0.25, -0.2) is 18.2 Å². The zero-order valence-electron chi connectivity index (χ0n) is 30.3. The van der Waals surface area contributed by atoms with E-state index < -0.39 is 29.4 Å². The van der Waals surface area contributed by atoms with Crippen LogP contribution in [0.3, 0.4) is 0 Å². The van der Waals surface area contributed by atoms with Crippen molar-refractivity contribution in [1.82, 2.24) is 39.9 Å². The molecule has 3 atom stereocenters. The number of aromatic nitrogens is 6. The summed E-state index contributed by atoms with van der Waals surface area (Å²) >= 11 is 0. The number of carbonyl (C=O) groups is 1. The van der Waals surface area contributed by atoms with Gasteiger partial charge >= 0.3 is 6.01 Å². The van der Waals surface area contributed by atoms with Crippen molar-refractivity contribution in [2.24, 2.45) is 0 Å². The van der Waals surface area contributed by atoms with Crippen LogP contribution in [0.5, 0.6) is 6.01 Å². The fourth-order valence-corrected chi connectivity index (χ4v) is 8.00. The summed E-state index contributed by atoms with van der Waals surface area (Å²) in [5, 5.41) is 14.4. The summed E-state index contributed by atoms with van der Waals surface area (Å²) in [6, 6.07) is 7.36. The number of hydrogen-bond donors (Lipinski definition) is 1. The molecule has 55 heavy (non-hydrogen) atoms.